The number of hydrogen-bond donors (Lipinski definition) is 1. The third-order valence-corrected chi connectivity index (χ3v) is 6.04. The van der Waals surface area contributed by atoms with Crippen LogP contribution in [0.3, 0.4) is 0 Å². The molecule has 0 aliphatic heterocycles. The molecular weight excluding hydrogens is 393 g/mol. The first kappa shape index (κ1) is 20.5. The van der Waals surface area contributed by atoms with E-state index in [1.54, 1.807) is 48.5 Å². The molecule has 5 nitrogen and oxygen atoms in total. The van der Waals surface area contributed by atoms with Crippen molar-refractivity contribution in [1.82, 2.24) is 0 Å². The molecule has 0 aromatic heterocycles. The Morgan fingerprint density at radius 3 is 2.45 bits per heavy atom. The van der Waals surface area contributed by atoms with Gasteiger partial charge in [-0.2, -0.15) is 0 Å². The Hall–Kier alpha value is -3.19. The second-order valence-electron chi connectivity index (χ2n) is 6.30. The van der Waals surface area contributed by atoms with Gasteiger partial charge < -0.3 is 10.1 Å². The van der Waals surface area contributed by atoms with Crippen LogP contribution in [-0.4, -0.2) is 20.1 Å². The first-order chi connectivity index (χ1) is 13.9. The monoisotopic (exact) mass is 413 g/mol. The Kier molecular flexibility index (Phi) is 6.29. The zero-order valence-corrected chi connectivity index (χ0v) is 16.6. The molecular formula is C22H20FNO4S. The summed E-state index contributed by atoms with van der Waals surface area (Å²) in [5.41, 5.74) is 1.36. The lowest BCUT2D eigenvalue weighted by Crippen LogP contribution is -2.17. The topological polar surface area (TPSA) is 72.5 Å². The number of amides is 1. The molecule has 0 fully saturated rings. The van der Waals surface area contributed by atoms with Crippen LogP contribution in [0.1, 0.15) is 22.8 Å². The third-order valence-electron chi connectivity index (χ3n) is 4.26. The van der Waals surface area contributed by atoms with Gasteiger partial charge in [0.2, 0.25) is 0 Å². The molecule has 3 aromatic carbocycles. The molecule has 0 heterocycles. The van der Waals surface area contributed by atoms with E-state index in [0.717, 1.165) is 5.56 Å². The quantitative estimate of drug-likeness (QED) is 0.621. The summed E-state index contributed by atoms with van der Waals surface area (Å²) in [7, 11) is -3.53. The molecule has 150 valence electrons. The smallest absolute Gasteiger partial charge is 0.256 e. The number of anilines is 1. The lowest BCUT2D eigenvalue weighted by atomic mass is 10.2. The number of rotatable bonds is 7. The van der Waals surface area contributed by atoms with Crippen molar-refractivity contribution in [2.24, 2.45) is 0 Å². The molecule has 3 rings (SSSR count). The first-order valence-electron chi connectivity index (χ1n) is 8.99. The van der Waals surface area contributed by atoms with E-state index in [1.807, 2.05) is 0 Å². The number of sulfone groups is 1. The highest BCUT2D eigenvalue weighted by atomic mass is 32.2. The van der Waals surface area contributed by atoms with Crippen LogP contribution in [0.5, 0.6) is 5.75 Å². The maximum Gasteiger partial charge on any atom is 0.256 e. The molecule has 3 aromatic rings. The van der Waals surface area contributed by atoms with E-state index in [0.29, 0.717) is 11.4 Å². The van der Waals surface area contributed by atoms with Gasteiger partial charge in [-0.05, 0) is 42.0 Å². The van der Waals surface area contributed by atoms with Crippen LogP contribution < -0.4 is 10.1 Å². The molecule has 0 saturated heterocycles. The fraction of sp³-hybridized carbons (Fsp3) is 0.136. The van der Waals surface area contributed by atoms with Crippen LogP contribution in [0.15, 0.2) is 77.7 Å². The molecule has 7 heteroatoms. The van der Waals surface area contributed by atoms with E-state index in [1.165, 1.54) is 31.2 Å². The van der Waals surface area contributed by atoms with E-state index < -0.39 is 15.7 Å². The predicted octanol–water partition coefficient (Wildman–Crippen LogP) is 4.45. The summed E-state index contributed by atoms with van der Waals surface area (Å²) in [6.07, 6.45) is 0. The highest BCUT2D eigenvalue weighted by molar-refractivity contribution is 7.91. The largest absolute Gasteiger partial charge is 0.489 e. The summed E-state index contributed by atoms with van der Waals surface area (Å²) < 4.78 is 43.2. The van der Waals surface area contributed by atoms with Crippen molar-refractivity contribution in [2.75, 3.05) is 11.1 Å². The highest BCUT2D eigenvalue weighted by Crippen LogP contribution is 2.22. The zero-order valence-electron chi connectivity index (χ0n) is 15.8. The summed E-state index contributed by atoms with van der Waals surface area (Å²) in [5, 5.41) is 2.71. The summed E-state index contributed by atoms with van der Waals surface area (Å²) in [5.74, 6) is -0.414. The number of carbonyl (C=O) groups excluding carboxylic acids is 1. The Labute approximate surface area is 169 Å². The second kappa shape index (κ2) is 8.87. The molecule has 0 radical (unpaired) electrons. The molecule has 0 aliphatic carbocycles. The number of hydrogen-bond acceptors (Lipinski definition) is 4. The van der Waals surface area contributed by atoms with Gasteiger partial charge in [0.1, 0.15) is 18.2 Å². The molecule has 0 spiro atoms. The average molecular weight is 413 g/mol. The van der Waals surface area contributed by atoms with Crippen LogP contribution in [0.25, 0.3) is 0 Å². The van der Waals surface area contributed by atoms with Gasteiger partial charge >= 0.3 is 0 Å². The maximum absolute atomic E-state index is 13.0. The molecule has 0 unspecified atom stereocenters. The summed E-state index contributed by atoms with van der Waals surface area (Å²) in [6.45, 7) is 1.78. The number of halogens is 1. The normalized spacial score (nSPS) is 11.1. The second-order valence-corrected chi connectivity index (χ2v) is 8.54. The Morgan fingerprint density at radius 2 is 1.72 bits per heavy atom. The molecule has 1 N–H and O–H groups in total. The minimum absolute atomic E-state index is 0.00344. The van der Waals surface area contributed by atoms with Crippen molar-refractivity contribution in [3.05, 3.63) is 89.7 Å². The summed E-state index contributed by atoms with van der Waals surface area (Å²) in [6, 6.07) is 18.8. The Bertz CT molecular complexity index is 1110. The van der Waals surface area contributed by atoms with Crippen LogP contribution in [0.2, 0.25) is 0 Å². The minimum atomic E-state index is -3.53. The van der Waals surface area contributed by atoms with Crippen molar-refractivity contribution in [3.8, 4) is 5.75 Å². The Morgan fingerprint density at radius 1 is 1.00 bits per heavy atom. The van der Waals surface area contributed by atoms with Crippen molar-refractivity contribution in [3.63, 3.8) is 0 Å². The van der Waals surface area contributed by atoms with Crippen LogP contribution in [0.4, 0.5) is 10.1 Å². The Balaban J connectivity index is 1.74. The molecule has 0 saturated carbocycles. The fourth-order valence-electron chi connectivity index (χ4n) is 2.69. The van der Waals surface area contributed by atoms with Gasteiger partial charge in [-0.1, -0.05) is 37.3 Å². The van der Waals surface area contributed by atoms with Gasteiger partial charge in [-0.15, -0.1) is 0 Å². The predicted molar refractivity (Wildman–Crippen MR) is 109 cm³/mol. The van der Waals surface area contributed by atoms with Crippen molar-refractivity contribution < 1.29 is 22.3 Å². The molecule has 0 atom stereocenters. The van der Waals surface area contributed by atoms with E-state index in [2.05, 4.69) is 5.32 Å². The zero-order chi connectivity index (χ0) is 20.9. The van der Waals surface area contributed by atoms with Gasteiger partial charge in [0.05, 0.1) is 16.2 Å². The number of carbonyl (C=O) groups is 1. The lowest BCUT2D eigenvalue weighted by molar-refractivity contribution is 0.102. The summed E-state index contributed by atoms with van der Waals surface area (Å²) >= 11 is 0. The maximum atomic E-state index is 13.0. The molecule has 0 bridgehead atoms. The van der Waals surface area contributed by atoms with Gasteiger partial charge in [0.15, 0.2) is 9.84 Å². The van der Waals surface area contributed by atoms with E-state index in [-0.39, 0.29) is 28.6 Å². The number of ether oxygens (including phenoxy) is 1. The summed E-state index contributed by atoms with van der Waals surface area (Å²) in [4.78, 5) is 12.7. The third kappa shape index (κ3) is 5.20. The van der Waals surface area contributed by atoms with Crippen LogP contribution >= 0.6 is 0 Å². The van der Waals surface area contributed by atoms with Gasteiger partial charge in [-0.3, -0.25) is 4.79 Å². The standard InChI is InChI=1S/C22H20FNO4S/c1-2-29(26,27)21-9-4-3-8-20(21)22(25)24-18-6-5-7-19(14-18)28-15-16-10-12-17(23)13-11-16/h3-14H,2,15H2,1H3,(H,24,25). The van der Waals surface area contributed by atoms with Gasteiger partial charge in [0.25, 0.3) is 5.91 Å². The van der Waals surface area contributed by atoms with Crippen LogP contribution in [0, 0.1) is 5.82 Å². The highest BCUT2D eigenvalue weighted by Gasteiger charge is 2.20. The average Bonchev–Trinajstić information content (AvgIpc) is 2.73. The van der Waals surface area contributed by atoms with E-state index >= 15 is 0 Å². The van der Waals surface area contributed by atoms with Crippen molar-refractivity contribution in [1.29, 1.82) is 0 Å². The van der Waals surface area contributed by atoms with Crippen LogP contribution in [-0.2, 0) is 16.4 Å². The van der Waals surface area contributed by atoms with E-state index in [4.69, 9.17) is 4.74 Å². The van der Waals surface area contributed by atoms with Crippen molar-refractivity contribution in [2.45, 2.75) is 18.4 Å². The lowest BCUT2D eigenvalue weighted by Gasteiger charge is -2.11. The number of benzene rings is 3. The first-order valence-corrected chi connectivity index (χ1v) is 10.6. The molecule has 29 heavy (non-hydrogen) atoms. The minimum Gasteiger partial charge on any atom is -0.489 e. The fourth-order valence-corrected chi connectivity index (χ4v) is 3.78. The SMILES string of the molecule is CCS(=O)(=O)c1ccccc1C(=O)Nc1cccc(OCc2ccc(F)cc2)c1. The molecule has 1 amide bonds. The van der Waals surface area contributed by atoms with Crippen molar-refractivity contribution >= 4 is 21.4 Å². The van der Waals surface area contributed by atoms with Gasteiger partial charge in [-0.25, -0.2) is 12.8 Å². The molecule has 0 aliphatic rings. The van der Waals surface area contributed by atoms with Gasteiger partial charge in [0, 0.05) is 11.8 Å². The van der Waals surface area contributed by atoms with E-state index in [9.17, 15) is 17.6 Å². The number of nitrogens with one attached hydrogen (secondary N) is 1.